The van der Waals surface area contributed by atoms with Crippen molar-refractivity contribution in [1.29, 1.82) is 0 Å². The minimum atomic E-state index is -0.146. The van der Waals surface area contributed by atoms with E-state index in [9.17, 15) is 4.79 Å². The first kappa shape index (κ1) is 26.5. The van der Waals surface area contributed by atoms with E-state index in [-0.39, 0.29) is 17.3 Å². The van der Waals surface area contributed by atoms with Crippen molar-refractivity contribution >= 4 is 0 Å². The van der Waals surface area contributed by atoms with E-state index < -0.39 is 0 Å². The fourth-order valence-electron chi connectivity index (χ4n) is 3.58. The molecule has 0 aliphatic carbocycles. The third-order valence-corrected chi connectivity index (χ3v) is 5.51. The molecule has 0 saturated carbocycles. The van der Waals surface area contributed by atoms with Gasteiger partial charge in [0.1, 0.15) is 0 Å². The van der Waals surface area contributed by atoms with Gasteiger partial charge in [0, 0.05) is 30.7 Å². The highest BCUT2D eigenvalue weighted by Crippen LogP contribution is 2.22. The SMILES string of the molecule is CC=C(C)C(OC)C(C)C=C(C)CC=CC(C)=CCc1[nH]c(OC)c(OC)c(=O)c1C. The second kappa shape index (κ2) is 13.0. The van der Waals surface area contributed by atoms with Crippen molar-refractivity contribution in [2.75, 3.05) is 21.3 Å². The van der Waals surface area contributed by atoms with Gasteiger partial charge in [0.05, 0.1) is 20.3 Å². The van der Waals surface area contributed by atoms with E-state index in [4.69, 9.17) is 14.2 Å². The number of H-pyrrole nitrogens is 1. The summed E-state index contributed by atoms with van der Waals surface area (Å²) in [4.78, 5) is 15.6. The van der Waals surface area contributed by atoms with E-state index in [2.05, 4.69) is 63.1 Å². The second-order valence-electron chi connectivity index (χ2n) is 7.94. The fraction of sp³-hybridized carbons (Fsp3) is 0.500. The first-order valence-corrected chi connectivity index (χ1v) is 10.7. The normalized spacial score (nSPS) is 15.3. The van der Waals surface area contributed by atoms with Crippen LogP contribution in [0.5, 0.6) is 11.6 Å². The summed E-state index contributed by atoms with van der Waals surface area (Å²) in [5.41, 5.74) is 5.01. The monoisotopic (exact) mass is 429 g/mol. The van der Waals surface area contributed by atoms with E-state index >= 15 is 0 Å². The van der Waals surface area contributed by atoms with Gasteiger partial charge in [-0.25, -0.2) is 0 Å². The molecule has 1 N–H and O–H groups in total. The molecule has 0 spiro atoms. The molecule has 1 aromatic rings. The van der Waals surface area contributed by atoms with E-state index in [1.165, 1.54) is 25.4 Å². The number of methoxy groups -OCH3 is 3. The number of nitrogens with one attached hydrogen (secondary N) is 1. The van der Waals surface area contributed by atoms with Gasteiger partial charge in [-0.05, 0) is 46.6 Å². The molecule has 2 unspecified atom stereocenters. The van der Waals surface area contributed by atoms with Crippen LogP contribution in [0.4, 0.5) is 0 Å². The van der Waals surface area contributed by atoms with Crippen LogP contribution in [0.25, 0.3) is 0 Å². The summed E-state index contributed by atoms with van der Waals surface area (Å²) in [6, 6.07) is 0. The van der Waals surface area contributed by atoms with Crippen molar-refractivity contribution in [3.8, 4) is 11.6 Å². The number of aromatic nitrogens is 1. The largest absolute Gasteiger partial charge is 0.488 e. The molecule has 1 heterocycles. The maximum Gasteiger partial charge on any atom is 0.238 e. The van der Waals surface area contributed by atoms with Crippen LogP contribution in [0.15, 0.2) is 51.9 Å². The Bertz CT molecular complexity index is 903. The van der Waals surface area contributed by atoms with E-state index in [1.54, 1.807) is 14.0 Å². The zero-order chi connectivity index (χ0) is 23.6. The molecular weight excluding hydrogens is 390 g/mol. The summed E-state index contributed by atoms with van der Waals surface area (Å²) in [7, 11) is 4.75. The Morgan fingerprint density at radius 3 is 2.35 bits per heavy atom. The van der Waals surface area contributed by atoms with Crippen LogP contribution in [-0.4, -0.2) is 32.4 Å². The summed E-state index contributed by atoms with van der Waals surface area (Å²) < 4.78 is 16.1. The molecule has 5 nitrogen and oxygen atoms in total. The highest BCUT2D eigenvalue weighted by Gasteiger charge is 2.16. The van der Waals surface area contributed by atoms with Crippen molar-refractivity contribution in [1.82, 2.24) is 4.98 Å². The molecular formula is C26H39NO4. The summed E-state index contributed by atoms with van der Waals surface area (Å²) >= 11 is 0. The van der Waals surface area contributed by atoms with Crippen molar-refractivity contribution in [3.05, 3.63) is 68.6 Å². The lowest BCUT2D eigenvalue weighted by atomic mass is 9.95. The van der Waals surface area contributed by atoms with Crippen molar-refractivity contribution in [3.63, 3.8) is 0 Å². The first-order chi connectivity index (χ1) is 14.7. The van der Waals surface area contributed by atoms with Gasteiger partial charge in [0.25, 0.3) is 0 Å². The van der Waals surface area contributed by atoms with Crippen LogP contribution < -0.4 is 14.9 Å². The molecule has 0 saturated heterocycles. The number of ether oxygens (including phenoxy) is 3. The Morgan fingerprint density at radius 1 is 1.13 bits per heavy atom. The fourth-order valence-corrected chi connectivity index (χ4v) is 3.58. The maximum absolute atomic E-state index is 12.4. The van der Waals surface area contributed by atoms with Crippen LogP contribution in [-0.2, 0) is 11.2 Å². The third-order valence-electron chi connectivity index (χ3n) is 5.51. The molecule has 5 heteroatoms. The van der Waals surface area contributed by atoms with Crippen molar-refractivity contribution in [2.24, 2.45) is 5.92 Å². The molecule has 0 amide bonds. The maximum atomic E-state index is 12.4. The predicted molar refractivity (Wildman–Crippen MR) is 129 cm³/mol. The van der Waals surface area contributed by atoms with Gasteiger partial charge in [-0.3, -0.25) is 4.79 Å². The van der Waals surface area contributed by atoms with Crippen LogP contribution in [0.1, 0.15) is 52.3 Å². The number of rotatable bonds is 11. The lowest BCUT2D eigenvalue weighted by Gasteiger charge is -2.21. The number of aromatic amines is 1. The quantitative estimate of drug-likeness (QED) is 0.362. The number of allylic oxidation sites excluding steroid dienone is 6. The molecule has 0 aliphatic heterocycles. The van der Waals surface area contributed by atoms with Gasteiger partial charge in [0.2, 0.25) is 17.1 Å². The topological polar surface area (TPSA) is 60.6 Å². The lowest BCUT2D eigenvalue weighted by molar-refractivity contribution is 0.103. The number of hydrogen-bond acceptors (Lipinski definition) is 4. The van der Waals surface area contributed by atoms with Crippen LogP contribution in [0.3, 0.4) is 0 Å². The molecule has 31 heavy (non-hydrogen) atoms. The zero-order valence-corrected chi connectivity index (χ0v) is 20.6. The van der Waals surface area contributed by atoms with Gasteiger partial charge in [-0.1, -0.05) is 48.5 Å². The Morgan fingerprint density at radius 2 is 1.81 bits per heavy atom. The predicted octanol–water partition coefficient (Wildman–Crippen LogP) is 5.70. The molecule has 1 rings (SSSR count). The minimum absolute atomic E-state index is 0.109. The molecule has 172 valence electrons. The van der Waals surface area contributed by atoms with Crippen LogP contribution in [0, 0.1) is 12.8 Å². The van der Waals surface area contributed by atoms with Gasteiger partial charge >= 0.3 is 0 Å². The van der Waals surface area contributed by atoms with Crippen LogP contribution >= 0.6 is 0 Å². The van der Waals surface area contributed by atoms with Gasteiger partial charge in [-0.2, -0.15) is 0 Å². The molecule has 2 atom stereocenters. The first-order valence-electron chi connectivity index (χ1n) is 10.7. The second-order valence-corrected chi connectivity index (χ2v) is 7.94. The van der Waals surface area contributed by atoms with Gasteiger partial charge < -0.3 is 19.2 Å². The van der Waals surface area contributed by atoms with E-state index in [0.29, 0.717) is 23.8 Å². The average Bonchev–Trinajstić information content (AvgIpc) is 2.74. The highest BCUT2D eigenvalue weighted by molar-refractivity contribution is 5.40. The summed E-state index contributed by atoms with van der Waals surface area (Å²) in [6.45, 7) is 12.3. The standard InChI is InChI=1S/C26H39NO4/c1-10-19(4)24(29-7)20(5)16-18(3)13-11-12-17(2)14-15-22-21(6)23(28)25(30-8)26(27-22)31-9/h10-12,14,16,20,24H,13,15H2,1-9H3,(H,27,28). The highest BCUT2D eigenvalue weighted by atomic mass is 16.5. The van der Waals surface area contributed by atoms with E-state index in [1.807, 2.05) is 6.92 Å². The summed E-state index contributed by atoms with van der Waals surface area (Å²) in [6.07, 6.45) is 12.4. The van der Waals surface area contributed by atoms with E-state index in [0.717, 1.165) is 17.7 Å². The molecule has 0 fully saturated rings. The molecule has 0 aliphatic rings. The molecule has 0 aromatic carbocycles. The summed E-state index contributed by atoms with van der Waals surface area (Å²) in [5.74, 6) is 0.879. The van der Waals surface area contributed by atoms with Gasteiger partial charge in [-0.15, -0.1) is 0 Å². The Balaban J connectivity index is 2.83. The molecule has 0 radical (unpaired) electrons. The molecule has 0 bridgehead atoms. The van der Waals surface area contributed by atoms with Gasteiger partial charge in [0.15, 0.2) is 0 Å². The average molecular weight is 430 g/mol. The zero-order valence-electron chi connectivity index (χ0n) is 20.6. The third kappa shape index (κ3) is 7.59. The Kier molecular flexibility index (Phi) is 11.1. The summed E-state index contributed by atoms with van der Waals surface area (Å²) in [5, 5.41) is 0. The van der Waals surface area contributed by atoms with Crippen molar-refractivity contribution < 1.29 is 14.2 Å². The van der Waals surface area contributed by atoms with Crippen molar-refractivity contribution in [2.45, 2.75) is 60.5 Å². The number of hydrogen-bond donors (Lipinski definition) is 1. The smallest absolute Gasteiger partial charge is 0.238 e. The Labute approximate surface area is 187 Å². The minimum Gasteiger partial charge on any atom is -0.488 e. The van der Waals surface area contributed by atoms with Crippen LogP contribution in [0.2, 0.25) is 0 Å². The lowest BCUT2D eigenvalue weighted by Crippen LogP contribution is -2.20. The Hall–Kier alpha value is -2.53. The molecule has 1 aromatic heterocycles. The number of pyridine rings is 1.